The quantitative estimate of drug-likeness (QED) is 0.789. The van der Waals surface area contributed by atoms with Crippen molar-refractivity contribution >= 4 is 5.91 Å². The Hall–Kier alpha value is -1.51. The van der Waals surface area contributed by atoms with E-state index in [9.17, 15) is 4.79 Å². The largest absolute Gasteiger partial charge is 0.489 e. The molecule has 1 fully saturated rings. The number of para-hydroxylation sites is 1. The molecule has 0 unspecified atom stereocenters. The Morgan fingerprint density at radius 3 is 2.79 bits per heavy atom. The second-order valence-corrected chi connectivity index (χ2v) is 3.63. The summed E-state index contributed by atoms with van der Waals surface area (Å²) in [6, 6.07) is 5.44. The summed E-state index contributed by atoms with van der Waals surface area (Å²) < 4.78 is 5.65. The molecule has 0 atom stereocenters. The third-order valence-corrected chi connectivity index (χ3v) is 2.29. The van der Waals surface area contributed by atoms with Crippen LogP contribution < -0.4 is 10.5 Å². The van der Waals surface area contributed by atoms with Gasteiger partial charge >= 0.3 is 0 Å². The molecule has 0 spiro atoms. The predicted molar refractivity (Wildman–Crippen MR) is 53.3 cm³/mol. The average Bonchev–Trinajstić information content (AvgIpc) is 2.91. The molecule has 1 saturated carbocycles. The van der Waals surface area contributed by atoms with Gasteiger partial charge in [-0.15, -0.1) is 0 Å². The molecule has 0 bridgehead atoms. The Morgan fingerprint density at radius 2 is 2.21 bits per heavy atom. The van der Waals surface area contributed by atoms with Gasteiger partial charge in [-0.25, -0.2) is 0 Å². The Labute approximate surface area is 82.9 Å². The highest BCUT2D eigenvalue weighted by atomic mass is 16.5. The van der Waals surface area contributed by atoms with Gasteiger partial charge in [0.15, 0.2) is 0 Å². The van der Waals surface area contributed by atoms with Crippen LogP contribution in [-0.4, -0.2) is 12.0 Å². The van der Waals surface area contributed by atoms with Crippen molar-refractivity contribution < 1.29 is 9.53 Å². The molecule has 1 aliphatic rings. The van der Waals surface area contributed by atoms with Gasteiger partial charge in [-0.3, -0.25) is 4.79 Å². The van der Waals surface area contributed by atoms with Crippen LogP contribution in [0.4, 0.5) is 0 Å². The molecule has 2 N–H and O–H groups in total. The number of hydrogen-bond donors (Lipinski definition) is 1. The van der Waals surface area contributed by atoms with Crippen LogP contribution in [-0.2, 0) is 0 Å². The molecule has 1 aromatic rings. The van der Waals surface area contributed by atoms with E-state index in [4.69, 9.17) is 10.5 Å². The predicted octanol–water partition coefficient (Wildman–Crippen LogP) is 1.64. The fourth-order valence-corrected chi connectivity index (χ4v) is 1.36. The van der Waals surface area contributed by atoms with E-state index in [2.05, 4.69) is 0 Å². The molecule has 3 nitrogen and oxygen atoms in total. The molecular weight excluding hydrogens is 178 g/mol. The minimum atomic E-state index is -0.427. The number of amides is 1. The summed E-state index contributed by atoms with van der Waals surface area (Å²) in [5, 5.41) is 0. The Balaban J connectivity index is 2.36. The van der Waals surface area contributed by atoms with Crippen molar-refractivity contribution in [1.29, 1.82) is 0 Å². The van der Waals surface area contributed by atoms with Crippen molar-refractivity contribution in [3.63, 3.8) is 0 Å². The maximum absolute atomic E-state index is 11.1. The lowest BCUT2D eigenvalue weighted by molar-refractivity contribution is 0.0996. The number of rotatable bonds is 3. The lowest BCUT2D eigenvalue weighted by atomic mass is 10.1. The Morgan fingerprint density at radius 1 is 1.50 bits per heavy atom. The first kappa shape index (κ1) is 9.06. The van der Waals surface area contributed by atoms with Crippen LogP contribution in [0, 0.1) is 6.92 Å². The molecule has 1 aliphatic carbocycles. The number of ether oxygens (including phenoxy) is 1. The molecule has 2 rings (SSSR count). The number of hydrogen-bond acceptors (Lipinski definition) is 2. The van der Waals surface area contributed by atoms with E-state index >= 15 is 0 Å². The standard InChI is InChI=1S/C11H13NO2/c1-7-3-2-4-9(11(12)13)10(7)14-8-5-6-8/h2-4,8H,5-6H2,1H3,(H2,12,13). The van der Waals surface area contributed by atoms with Crippen molar-refractivity contribution in [2.75, 3.05) is 0 Å². The summed E-state index contributed by atoms with van der Waals surface area (Å²) in [4.78, 5) is 11.1. The maximum atomic E-state index is 11.1. The van der Waals surface area contributed by atoms with Crippen LogP contribution in [0.5, 0.6) is 5.75 Å². The lowest BCUT2D eigenvalue weighted by Gasteiger charge is -2.11. The highest BCUT2D eigenvalue weighted by Crippen LogP contribution is 2.31. The van der Waals surface area contributed by atoms with E-state index < -0.39 is 5.91 Å². The fraction of sp³-hybridized carbons (Fsp3) is 0.364. The maximum Gasteiger partial charge on any atom is 0.252 e. The number of nitrogens with two attached hydrogens (primary N) is 1. The molecule has 0 saturated heterocycles. The second kappa shape index (κ2) is 3.33. The minimum absolute atomic E-state index is 0.286. The smallest absolute Gasteiger partial charge is 0.252 e. The zero-order chi connectivity index (χ0) is 10.1. The first-order chi connectivity index (χ1) is 6.68. The van der Waals surface area contributed by atoms with Crippen LogP contribution >= 0.6 is 0 Å². The van der Waals surface area contributed by atoms with Crippen LogP contribution in [0.3, 0.4) is 0 Å². The van der Waals surface area contributed by atoms with Gasteiger partial charge < -0.3 is 10.5 Å². The third kappa shape index (κ3) is 1.71. The van der Waals surface area contributed by atoms with E-state index in [0.717, 1.165) is 18.4 Å². The molecule has 0 aromatic heterocycles. The van der Waals surface area contributed by atoms with Gasteiger partial charge in [-0.2, -0.15) is 0 Å². The monoisotopic (exact) mass is 191 g/mol. The van der Waals surface area contributed by atoms with Crippen LogP contribution in [0.2, 0.25) is 0 Å². The summed E-state index contributed by atoms with van der Waals surface area (Å²) in [5.41, 5.74) is 6.71. The molecule has 0 aliphatic heterocycles. The number of aryl methyl sites for hydroxylation is 1. The third-order valence-electron chi connectivity index (χ3n) is 2.29. The zero-order valence-corrected chi connectivity index (χ0v) is 8.12. The molecular formula is C11H13NO2. The van der Waals surface area contributed by atoms with Crippen LogP contribution in [0.25, 0.3) is 0 Å². The zero-order valence-electron chi connectivity index (χ0n) is 8.12. The summed E-state index contributed by atoms with van der Waals surface area (Å²) in [7, 11) is 0. The lowest BCUT2D eigenvalue weighted by Crippen LogP contribution is -2.14. The first-order valence-corrected chi connectivity index (χ1v) is 4.74. The highest BCUT2D eigenvalue weighted by molar-refractivity contribution is 5.96. The van der Waals surface area contributed by atoms with Gasteiger partial charge in [0.05, 0.1) is 11.7 Å². The summed E-state index contributed by atoms with van der Waals surface area (Å²) in [5.74, 6) is 0.229. The summed E-state index contributed by atoms with van der Waals surface area (Å²) >= 11 is 0. The van der Waals surface area contributed by atoms with E-state index in [0.29, 0.717) is 11.3 Å². The van der Waals surface area contributed by atoms with E-state index in [1.807, 2.05) is 19.1 Å². The number of benzene rings is 1. The SMILES string of the molecule is Cc1cccc(C(N)=O)c1OC1CC1. The molecule has 1 aromatic carbocycles. The fourth-order valence-electron chi connectivity index (χ4n) is 1.36. The van der Waals surface area contributed by atoms with Gasteiger partial charge in [0.25, 0.3) is 5.91 Å². The number of carbonyl (C=O) groups is 1. The van der Waals surface area contributed by atoms with Gasteiger partial charge in [0, 0.05) is 0 Å². The minimum Gasteiger partial charge on any atom is -0.489 e. The van der Waals surface area contributed by atoms with Gasteiger partial charge in [-0.1, -0.05) is 12.1 Å². The Bertz CT molecular complexity index is 370. The molecule has 1 amide bonds. The topological polar surface area (TPSA) is 52.3 Å². The molecule has 0 radical (unpaired) electrons. The second-order valence-electron chi connectivity index (χ2n) is 3.63. The van der Waals surface area contributed by atoms with Crippen molar-refractivity contribution in [2.24, 2.45) is 5.73 Å². The first-order valence-electron chi connectivity index (χ1n) is 4.74. The van der Waals surface area contributed by atoms with Gasteiger partial charge in [0.2, 0.25) is 0 Å². The summed E-state index contributed by atoms with van der Waals surface area (Å²) in [6.45, 7) is 1.92. The van der Waals surface area contributed by atoms with E-state index in [1.165, 1.54) is 0 Å². The van der Waals surface area contributed by atoms with Crippen molar-refractivity contribution in [3.8, 4) is 5.75 Å². The molecule has 14 heavy (non-hydrogen) atoms. The highest BCUT2D eigenvalue weighted by Gasteiger charge is 2.26. The van der Waals surface area contributed by atoms with Crippen LogP contribution in [0.15, 0.2) is 18.2 Å². The number of primary amides is 1. The van der Waals surface area contributed by atoms with Gasteiger partial charge in [-0.05, 0) is 31.4 Å². The van der Waals surface area contributed by atoms with Crippen molar-refractivity contribution in [3.05, 3.63) is 29.3 Å². The van der Waals surface area contributed by atoms with Crippen LogP contribution in [0.1, 0.15) is 28.8 Å². The normalized spacial score (nSPS) is 15.2. The average molecular weight is 191 g/mol. The molecule has 74 valence electrons. The molecule has 3 heteroatoms. The van der Waals surface area contributed by atoms with E-state index in [1.54, 1.807) is 6.07 Å². The van der Waals surface area contributed by atoms with Gasteiger partial charge in [0.1, 0.15) is 5.75 Å². The Kier molecular flexibility index (Phi) is 2.15. The van der Waals surface area contributed by atoms with E-state index in [-0.39, 0.29) is 6.10 Å². The summed E-state index contributed by atoms with van der Waals surface area (Å²) in [6.07, 6.45) is 2.44. The van der Waals surface area contributed by atoms with Crippen molar-refractivity contribution in [1.82, 2.24) is 0 Å². The molecule has 0 heterocycles. The number of carbonyl (C=O) groups excluding carboxylic acids is 1. The van der Waals surface area contributed by atoms with Crippen molar-refractivity contribution in [2.45, 2.75) is 25.9 Å².